The number of hydrogen-bond acceptors (Lipinski definition) is 4. The van der Waals surface area contributed by atoms with Gasteiger partial charge in [-0.2, -0.15) is 0 Å². The normalized spacial score (nSPS) is 12.6. The van der Waals surface area contributed by atoms with Crippen molar-refractivity contribution < 1.29 is 19.4 Å². The quantitative estimate of drug-likeness (QED) is 0.0362. The number of unbranched alkanes of at least 4 members (excludes halogenated alkanes) is 45. The first-order chi connectivity index (χ1) is 32.0. The van der Waals surface area contributed by atoms with Gasteiger partial charge in [0.15, 0.2) is 0 Å². The summed E-state index contributed by atoms with van der Waals surface area (Å²) in [5, 5.41) is 14.1. The predicted octanol–water partition coefficient (Wildman–Crippen LogP) is 19.5. The molecule has 5 nitrogen and oxygen atoms in total. The number of aliphatic hydroxyl groups excluding tert-OH is 1. The van der Waals surface area contributed by atoms with Crippen LogP contribution in [0.3, 0.4) is 0 Å². The number of rotatable bonds is 55. The summed E-state index contributed by atoms with van der Waals surface area (Å²) in [4.78, 5) is 25.7. The highest BCUT2D eigenvalue weighted by atomic mass is 16.5. The number of carbonyl (C=O) groups is 2. The second-order valence-corrected chi connectivity index (χ2v) is 20.6. The van der Waals surface area contributed by atoms with E-state index in [1.807, 2.05) is 12.2 Å². The highest BCUT2D eigenvalue weighted by molar-refractivity contribution is 5.76. The Morgan fingerprint density at radius 2 is 0.646 bits per heavy atom. The molecule has 0 aliphatic carbocycles. The van der Waals surface area contributed by atoms with E-state index in [-0.39, 0.29) is 18.5 Å². The van der Waals surface area contributed by atoms with Gasteiger partial charge < -0.3 is 15.2 Å². The second kappa shape index (κ2) is 55.2. The molecule has 1 amide bonds. The molecule has 0 fully saturated rings. The fourth-order valence-electron chi connectivity index (χ4n) is 9.41. The van der Waals surface area contributed by atoms with E-state index in [0.29, 0.717) is 12.8 Å². The van der Waals surface area contributed by atoms with Crippen molar-refractivity contribution in [2.75, 3.05) is 6.61 Å². The minimum atomic E-state index is -0.870. The summed E-state index contributed by atoms with van der Waals surface area (Å²) in [5.74, 6) is -0.274. The Bertz CT molecular complexity index is 967. The fraction of sp³-hybridized carbons (Fsp3) is 0.933. The number of esters is 1. The van der Waals surface area contributed by atoms with Gasteiger partial charge >= 0.3 is 5.97 Å². The zero-order valence-corrected chi connectivity index (χ0v) is 44.5. The fourth-order valence-corrected chi connectivity index (χ4v) is 9.41. The molecule has 5 heteroatoms. The maximum atomic E-state index is 13.0. The van der Waals surface area contributed by atoms with E-state index in [0.717, 1.165) is 38.5 Å². The molecule has 0 aromatic carbocycles. The molecule has 0 spiro atoms. The Labute approximate surface area is 407 Å². The zero-order chi connectivity index (χ0) is 47.2. The lowest BCUT2D eigenvalue weighted by Gasteiger charge is -2.22. The van der Waals surface area contributed by atoms with Crippen molar-refractivity contribution in [1.29, 1.82) is 0 Å². The lowest BCUT2D eigenvalue weighted by molar-refractivity contribution is -0.146. The maximum absolute atomic E-state index is 13.0. The van der Waals surface area contributed by atoms with Crippen molar-refractivity contribution in [3.8, 4) is 0 Å². The number of carbonyl (C=O) groups excluding carboxylic acids is 2. The minimum Gasteiger partial charge on any atom is -0.463 e. The van der Waals surface area contributed by atoms with Crippen LogP contribution in [-0.2, 0) is 14.3 Å². The minimum absolute atomic E-state index is 0.0205. The van der Waals surface area contributed by atoms with Crippen LogP contribution in [0, 0.1) is 0 Å². The Morgan fingerprint density at radius 3 is 0.954 bits per heavy atom. The second-order valence-electron chi connectivity index (χ2n) is 20.6. The molecular formula is C60H117NO4. The molecule has 2 N–H and O–H groups in total. The van der Waals surface area contributed by atoms with Crippen molar-refractivity contribution in [3.63, 3.8) is 0 Å². The summed E-state index contributed by atoms with van der Waals surface area (Å²) in [5.41, 5.74) is 0. The summed E-state index contributed by atoms with van der Waals surface area (Å²) in [6.45, 7) is 6.87. The zero-order valence-electron chi connectivity index (χ0n) is 44.5. The van der Waals surface area contributed by atoms with Crippen LogP contribution < -0.4 is 5.32 Å². The third-order valence-electron chi connectivity index (χ3n) is 14.0. The topological polar surface area (TPSA) is 75.6 Å². The van der Waals surface area contributed by atoms with E-state index in [1.54, 1.807) is 0 Å². The van der Waals surface area contributed by atoms with Crippen molar-refractivity contribution in [3.05, 3.63) is 12.2 Å². The smallest absolute Gasteiger partial charge is 0.305 e. The first kappa shape index (κ1) is 63.6. The molecule has 0 radical (unpaired) electrons. The van der Waals surface area contributed by atoms with Crippen LogP contribution in [0.4, 0.5) is 0 Å². The first-order valence-corrected chi connectivity index (χ1v) is 29.8. The summed E-state index contributed by atoms with van der Waals surface area (Å²) in [7, 11) is 0. The van der Waals surface area contributed by atoms with Gasteiger partial charge in [-0.25, -0.2) is 0 Å². The number of ether oxygens (including phenoxy) is 1. The average molecular weight is 917 g/mol. The third-order valence-corrected chi connectivity index (χ3v) is 14.0. The number of aliphatic hydroxyl groups is 1. The predicted molar refractivity (Wildman–Crippen MR) is 286 cm³/mol. The number of amides is 1. The Morgan fingerprint density at radius 1 is 0.385 bits per heavy atom. The number of allylic oxidation sites excluding steroid dienone is 1. The van der Waals surface area contributed by atoms with Crippen molar-refractivity contribution >= 4 is 11.9 Å². The number of hydrogen-bond donors (Lipinski definition) is 2. The Balaban J connectivity index is 4.27. The summed E-state index contributed by atoms with van der Waals surface area (Å²) < 4.78 is 5.67. The first-order valence-electron chi connectivity index (χ1n) is 29.8. The van der Waals surface area contributed by atoms with Gasteiger partial charge in [-0.15, -0.1) is 0 Å². The van der Waals surface area contributed by atoms with Gasteiger partial charge in [0, 0.05) is 12.8 Å². The van der Waals surface area contributed by atoms with Gasteiger partial charge in [-0.1, -0.05) is 315 Å². The van der Waals surface area contributed by atoms with E-state index < -0.39 is 12.1 Å². The number of nitrogens with one attached hydrogen (secondary N) is 1. The average Bonchev–Trinajstić information content (AvgIpc) is 3.30. The summed E-state index contributed by atoms with van der Waals surface area (Å²) >= 11 is 0. The molecule has 0 aliphatic rings. The molecule has 0 unspecified atom stereocenters. The van der Waals surface area contributed by atoms with E-state index in [2.05, 4.69) is 26.1 Å². The highest BCUT2D eigenvalue weighted by Crippen LogP contribution is 2.18. The van der Waals surface area contributed by atoms with Crippen LogP contribution in [0.5, 0.6) is 0 Å². The maximum Gasteiger partial charge on any atom is 0.305 e. The van der Waals surface area contributed by atoms with E-state index in [4.69, 9.17) is 4.74 Å². The van der Waals surface area contributed by atoms with Crippen molar-refractivity contribution in [1.82, 2.24) is 5.32 Å². The summed E-state index contributed by atoms with van der Waals surface area (Å²) in [6, 6.07) is -0.615. The molecular weight excluding hydrogens is 799 g/mol. The van der Waals surface area contributed by atoms with E-state index >= 15 is 0 Å². The van der Waals surface area contributed by atoms with Crippen LogP contribution in [0.15, 0.2) is 12.2 Å². The molecule has 0 saturated heterocycles. The van der Waals surface area contributed by atoms with Gasteiger partial charge in [-0.05, 0) is 25.7 Å². The Hall–Kier alpha value is -1.36. The van der Waals surface area contributed by atoms with Gasteiger partial charge in [0.1, 0.15) is 6.61 Å². The van der Waals surface area contributed by atoms with Crippen LogP contribution in [0.1, 0.15) is 342 Å². The largest absolute Gasteiger partial charge is 0.463 e. The standard InChI is InChI=1S/C60H117NO4/c1-4-7-10-13-16-19-22-25-27-28-29-30-31-32-34-37-40-43-46-49-52-55-60(64)65-56-57(58(62)53-50-47-44-41-38-35-24-21-18-15-12-9-6-3)61-59(63)54-51-48-45-42-39-36-33-26-23-20-17-14-11-8-5-2/h50,53,57-58,62H,4-49,51-52,54-56H2,1-3H3,(H,61,63)/b53-50+/t57-,58+/m0/s1. The molecule has 2 atom stereocenters. The molecule has 65 heavy (non-hydrogen) atoms. The molecule has 0 heterocycles. The van der Waals surface area contributed by atoms with Crippen LogP contribution >= 0.6 is 0 Å². The van der Waals surface area contributed by atoms with Crippen LogP contribution in [0.25, 0.3) is 0 Å². The molecule has 386 valence electrons. The lowest BCUT2D eigenvalue weighted by Crippen LogP contribution is -2.46. The van der Waals surface area contributed by atoms with Gasteiger partial charge in [0.2, 0.25) is 5.91 Å². The van der Waals surface area contributed by atoms with Crippen LogP contribution in [0.2, 0.25) is 0 Å². The molecule has 0 saturated carbocycles. The van der Waals surface area contributed by atoms with Gasteiger partial charge in [-0.3, -0.25) is 9.59 Å². The lowest BCUT2D eigenvalue weighted by atomic mass is 10.0. The molecule has 0 aliphatic heterocycles. The van der Waals surface area contributed by atoms with Crippen molar-refractivity contribution in [2.45, 2.75) is 354 Å². The third kappa shape index (κ3) is 51.9. The van der Waals surface area contributed by atoms with Crippen molar-refractivity contribution in [2.24, 2.45) is 0 Å². The van der Waals surface area contributed by atoms with Gasteiger partial charge in [0.05, 0.1) is 12.1 Å². The molecule has 0 aromatic rings. The molecule has 0 bridgehead atoms. The monoisotopic (exact) mass is 916 g/mol. The van der Waals surface area contributed by atoms with Gasteiger partial charge in [0.25, 0.3) is 0 Å². The SMILES string of the molecule is CCCCCCCCCCCCC/C=C/[C@@H](O)[C@H](COC(=O)CCCCCCCCCCCCCCCCCCCCCCC)NC(=O)CCCCCCCCCCCCCCCCC. The Kier molecular flexibility index (Phi) is 54.1. The molecule has 0 rings (SSSR count). The van der Waals surface area contributed by atoms with E-state index in [1.165, 1.54) is 270 Å². The summed E-state index contributed by atoms with van der Waals surface area (Å²) in [6.07, 6.45) is 66.9. The molecule has 0 aromatic heterocycles. The van der Waals surface area contributed by atoms with E-state index in [9.17, 15) is 14.7 Å². The van der Waals surface area contributed by atoms with Crippen LogP contribution in [-0.4, -0.2) is 35.7 Å². The highest BCUT2D eigenvalue weighted by Gasteiger charge is 2.21.